The molecule has 0 amide bonds. The van der Waals surface area contributed by atoms with Gasteiger partial charge in [0.05, 0.1) is 0 Å². The molecule has 0 saturated carbocycles. The minimum atomic E-state index is 0.370. The lowest BCUT2D eigenvalue weighted by Crippen LogP contribution is -2.34. The van der Waals surface area contributed by atoms with Crippen molar-refractivity contribution in [1.29, 1.82) is 0 Å². The highest BCUT2D eigenvalue weighted by Gasteiger charge is 2.18. The number of hydrogen-bond donors (Lipinski definition) is 1. The van der Waals surface area contributed by atoms with Crippen molar-refractivity contribution in [3.05, 3.63) is 20.3 Å². The number of thiophene rings is 1. The summed E-state index contributed by atoms with van der Waals surface area (Å²) in [5.41, 5.74) is 0.370. The zero-order chi connectivity index (χ0) is 13.1. The van der Waals surface area contributed by atoms with Gasteiger partial charge in [-0.1, -0.05) is 27.7 Å². The van der Waals surface area contributed by atoms with E-state index in [0.717, 1.165) is 6.54 Å². The summed E-state index contributed by atoms with van der Waals surface area (Å²) >= 11 is 5.50. The van der Waals surface area contributed by atoms with Crippen LogP contribution in [0.15, 0.2) is 10.5 Å². The first-order valence-corrected chi connectivity index (χ1v) is 7.89. The van der Waals surface area contributed by atoms with Crippen LogP contribution in [-0.2, 0) is 6.42 Å². The molecule has 0 bridgehead atoms. The molecule has 0 saturated heterocycles. The number of halogens is 1. The minimum absolute atomic E-state index is 0.370. The average molecular weight is 318 g/mol. The maximum absolute atomic E-state index is 3.58. The lowest BCUT2D eigenvalue weighted by atomic mass is 9.87. The molecule has 1 heterocycles. The van der Waals surface area contributed by atoms with Crippen molar-refractivity contribution in [3.63, 3.8) is 0 Å². The second kappa shape index (κ2) is 6.35. The van der Waals surface area contributed by atoms with Gasteiger partial charge < -0.3 is 5.32 Å². The minimum Gasteiger partial charge on any atom is -0.314 e. The molecule has 0 aromatic carbocycles. The second-order valence-electron chi connectivity index (χ2n) is 5.82. The van der Waals surface area contributed by atoms with E-state index in [0.29, 0.717) is 11.5 Å². The summed E-state index contributed by atoms with van der Waals surface area (Å²) in [6.07, 6.45) is 2.42. The smallest absolute Gasteiger partial charge is 0.0314 e. The highest BCUT2D eigenvalue weighted by molar-refractivity contribution is 9.10. The summed E-state index contributed by atoms with van der Waals surface area (Å²) in [7, 11) is 0. The van der Waals surface area contributed by atoms with Gasteiger partial charge in [-0.2, -0.15) is 0 Å². The third-order valence-electron chi connectivity index (χ3n) is 2.95. The van der Waals surface area contributed by atoms with E-state index in [4.69, 9.17) is 0 Å². The van der Waals surface area contributed by atoms with E-state index in [1.807, 2.05) is 11.3 Å². The highest BCUT2D eigenvalue weighted by atomic mass is 79.9. The van der Waals surface area contributed by atoms with Crippen molar-refractivity contribution in [2.45, 2.75) is 53.5 Å². The standard InChI is InChI=1S/C14H24BrNS/c1-10(2)16-9-14(4,5)7-6-12-8-13(15)11(3)17-12/h8,10,16H,6-7,9H2,1-5H3. The monoisotopic (exact) mass is 317 g/mol. The van der Waals surface area contributed by atoms with Crippen LogP contribution < -0.4 is 5.32 Å². The Balaban J connectivity index is 2.43. The van der Waals surface area contributed by atoms with Gasteiger partial charge in [-0.05, 0) is 47.2 Å². The first-order valence-electron chi connectivity index (χ1n) is 6.28. The lowest BCUT2D eigenvalue weighted by Gasteiger charge is -2.26. The normalized spacial score (nSPS) is 12.4. The average Bonchev–Trinajstić information content (AvgIpc) is 2.53. The van der Waals surface area contributed by atoms with E-state index in [2.05, 4.69) is 61.9 Å². The van der Waals surface area contributed by atoms with E-state index < -0.39 is 0 Å². The fourth-order valence-corrected chi connectivity index (χ4v) is 3.27. The van der Waals surface area contributed by atoms with Crippen molar-refractivity contribution < 1.29 is 0 Å². The van der Waals surface area contributed by atoms with Gasteiger partial charge in [0.25, 0.3) is 0 Å². The Kier molecular flexibility index (Phi) is 5.68. The lowest BCUT2D eigenvalue weighted by molar-refractivity contribution is 0.305. The number of hydrogen-bond acceptors (Lipinski definition) is 2. The molecular formula is C14H24BrNS. The van der Waals surface area contributed by atoms with Crippen LogP contribution in [0.25, 0.3) is 0 Å². The molecule has 0 aliphatic heterocycles. The molecule has 3 heteroatoms. The van der Waals surface area contributed by atoms with Gasteiger partial charge in [-0.25, -0.2) is 0 Å². The maximum Gasteiger partial charge on any atom is 0.0314 e. The summed E-state index contributed by atoms with van der Waals surface area (Å²) in [5, 5.41) is 3.53. The summed E-state index contributed by atoms with van der Waals surface area (Å²) in [6, 6.07) is 2.85. The van der Waals surface area contributed by atoms with Gasteiger partial charge in [0.15, 0.2) is 0 Å². The van der Waals surface area contributed by atoms with Crippen LogP contribution in [-0.4, -0.2) is 12.6 Å². The molecule has 1 nitrogen and oxygen atoms in total. The number of nitrogens with one attached hydrogen (secondary N) is 1. The largest absolute Gasteiger partial charge is 0.314 e. The third kappa shape index (κ3) is 5.54. The van der Waals surface area contributed by atoms with Crippen LogP contribution >= 0.6 is 27.3 Å². The van der Waals surface area contributed by atoms with Gasteiger partial charge >= 0.3 is 0 Å². The van der Waals surface area contributed by atoms with E-state index in [9.17, 15) is 0 Å². The predicted octanol–water partition coefficient (Wildman–Crippen LogP) is 4.78. The SMILES string of the molecule is Cc1sc(CCC(C)(C)CNC(C)C)cc1Br. The summed E-state index contributed by atoms with van der Waals surface area (Å²) in [5.74, 6) is 0. The fourth-order valence-electron chi connectivity index (χ4n) is 1.67. The molecule has 1 rings (SSSR count). The van der Waals surface area contributed by atoms with Crippen LogP contribution in [0.1, 0.15) is 43.9 Å². The Bertz CT molecular complexity index is 336. The molecule has 0 atom stereocenters. The summed E-state index contributed by atoms with van der Waals surface area (Å²) < 4.78 is 1.26. The molecule has 0 aliphatic carbocycles. The second-order valence-corrected chi connectivity index (χ2v) is 8.01. The Morgan fingerprint density at radius 1 is 1.41 bits per heavy atom. The molecule has 1 aromatic rings. The van der Waals surface area contributed by atoms with Gasteiger partial charge in [0.1, 0.15) is 0 Å². The molecule has 17 heavy (non-hydrogen) atoms. The Morgan fingerprint density at radius 3 is 2.53 bits per heavy atom. The number of aryl methyl sites for hydroxylation is 2. The molecule has 0 aliphatic rings. The highest BCUT2D eigenvalue weighted by Crippen LogP contribution is 2.30. The molecule has 1 aromatic heterocycles. The quantitative estimate of drug-likeness (QED) is 0.796. The first-order chi connectivity index (χ1) is 7.80. The third-order valence-corrected chi connectivity index (χ3v) is 5.14. The van der Waals surface area contributed by atoms with Crippen LogP contribution in [0.2, 0.25) is 0 Å². The Hall–Kier alpha value is 0.140. The van der Waals surface area contributed by atoms with E-state index in [1.165, 1.54) is 27.1 Å². The molecule has 0 unspecified atom stereocenters. The van der Waals surface area contributed by atoms with E-state index >= 15 is 0 Å². The van der Waals surface area contributed by atoms with Crippen molar-refractivity contribution >= 4 is 27.3 Å². The maximum atomic E-state index is 3.58. The van der Waals surface area contributed by atoms with Crippen LogP contribution in [0, 0.1) is 12.3 Å². The van der Waals surface area contributed by atoms with Crippen molar-refractivity contribution in [2.24, 2.45) is 5.41 Å². The zero-order valence-corrected chi connectivity index (χ0v) is 14.0. The van der Waals surface area contributed by atoms with Gasteiger partial charge in [0, 0.05) is 26.8 Å². The zero-order valence-electron chi connectivity index (χ0n) is 11.6. The fraction of sp³-hybridized carbons (Fsp3) is 0.714. The van der Waals surface area contributed by atoms with Crippen molar-refractivity contribution in [2.75, 3.05) is 6.54 Å². The molecule has 0 fully saturated rings. The molecule has 0 spiro atoms. The predicted molar refractivity (Wildman–Crippen MR) is 82.0 cm³/mol. The number of rotatable bonds is 6. The van der Waals surface area contributed by atoms with E-state index in [-0.39, 0.29) is 0 Å². The molecular weight excluding hydrogens is 294 g/mol. The first kappa shape index (κ1) is 15.2. The Labute approximate surface area is 118 Å². The molecule has 1 N–H and O–H groups in total. The van der Waals surface area contributed by atoms with Gasteiger partial charge in [0.2, 0.25) is 0 Å². The Morgan fingerprint density at radius 2 is 2.06 bits per heavy atom. The van der Waals surface area contributed by atoms with Crippen LogP contribution in [0.5, 0.6) is 0 Å². The summed E-state index contributed by atoms with van der Waals surface area (Å²) in [6.45, 7) is 12.4. The molecule has 98 valence electrons. The van der Waals surface area contributed by atoms with Crippen molar-refractivity contribution in [3.8, 4) is 0 Å². The topological polar surface area (TPSA) is 12.0 Å². The van der Waals surface area contributed by atoms with Crippen LogP contribution in [0.3, 0.4) is 0 Å². The van der Waals surface area contributed by atoms with Gasteiger partial charge in [-0.3, -0.25) is 0 Å². The van der Waals surface area contributed by atoms with Crippen LogP contribution in [0.4, 0.5) is 0 Å². The molecule has 0 radical (unpaired) electrons. The van der Waals surface area contributed by atoms with Crippen molar-refractivity contribution in [1.82, 2.24) is 5.32 Å². The van der Waals surface area contributed by atoms with Gasteiger partial charge in [-0.15, -0.1) is 11.3 Å². The van der Waals surface area contributed by atoms with E-state index in [1.54, 1.807) is 0 Å². The summed E-state index contributed by atoms with van der Waals surface area (Å²) in [4.78, 5) is 2.88.